The number of amides is 1. The fraction of sp³-hybridized carbons (Fsp3) is 0.375. The van der Waals surface area contributed by atoms with Gasteiger partial charge in [0.15, 0.2) is 0 Å². The van der Waals surface area contributed by atoms with E-state index < -0.39 is 6.04 Å². The number of hydrogen-bond acceptors (Lipinski definition) is 5. The van der Waals surface area contributed by atoms with Crippen LogP contribution in [0.3, 0.4) is 0 Å². The first-order valence-corrected chi connectivity index (χ1v) is 7.34. The molecule has 23 heavy (non-hydrogen) atoms. The number of benzene rings is 1. The van der Waals surface area contributed by atoms with Gasteiger partial charge in [-0.1, -0.05) is 6.07 Å². The molecule has 3 rings (SSSR count). The average molecular weight is 318 g/mol. The Bertz CT molecular complexity index is 767. The van der Waals surface area contributed by atoms with Crippen molar-refractivity contribution < 1.29 is 23.9 Å². The maximum absolute atomic E-state index is 12.6. The lowest BCUT2D eigenvalue weighted by Crippen LogP contribution is -2.30. The summed E-state index contributed by atoms with van der Waals surface area (Å²) in [5.41, 5.74) is 1.40. The fourth-order valence-electron chi connectivity index (χ4n) is 2.98. The molecule has 2 aromatic rings. The number of hydroxylamine groups is 2. The summed E-state index contributed by atoms with van der Waals surface area (Å²) < 4.78 is 11.9. The molecule has 0 fully saturated rings. The summed E-state index contributed by atoms with van der Waals surface area (Å²) in [6, 6.07) is 6.48. The van der Waals surface area contributed by atoms with Crippen LogP contribution in [0, 0.1) is 0 Å². The first-order chi connectivity index (χ1) is 11.1. The maximum Gasteiger partial charge on any atom is 0.353 e. The van der Waals surface area contributed by atoms with E-state index in [1.54, 1.807) is 18.6 Å². The number of ether oxygens (including phenoxy) is 2. The third kappa shape index (κ3) is 2.33. The Morgan fingerprint density at radius 2 is 2.09 bits per heavy atom. The third-order valence-corrected chi connectivity index (χ3v) is 3.92. The van der Waals surface area contributed by atoms with Crippen molar-refractivity contribution in [2.24, 2.45) is 0 Å². The maximum atomic E-state index is 12.6. The highest BCUT2D eigenvalue weighted by Gasteiger charge is 2.40. The van der Waals surface area contributed by atoms with Gasteiger partial charge < -0.3 is 9.47 Å². The smallest absolute Gasteiger partial charge is 0.353 e. The molecule has 1 amide bonds. The summed E-state index contributed by atoms with van der Waals surface area (Å²) in [5, 5.41) is 2.02. The molecule has 1 unspecified atom stereocenters. The van der Waals surface area contributed by atoms with Crippen LogP contribution < -0.4 is 4.74 Å². The number of esters is 1. The molecule has 2 heterocycles. The number of aromatic nitrogens is 1. The van der Waals surface area contributed by atoms with Crippen molar-refractivity contribution in [1.82, 2.24) is 9.63 Å². The monoisotopic (exact) mass is 318 g/mol. The largest absolute Gasteiger partial charge is 0.496 e. The molecule has 1 aliphatic heterocycles. The van der Waals surface area contributed by atoms with E-state index in [0.717, 1.165) is 10.9 Å². The Kier molecular flexibility index (Phi) is 3.96. The Morgan fingerprint density at radius 3 is 2.74 bits per heavy atom. The first kappa shape index (κ1) is 15.4. The number of carbonyl (C=O) groups excluding carboxylic acids is 2. The standard InChI is InChI=1S/C16H18N2O5/c1-4-23-15(19)9-13-12-8-10-11(6-5-7-14(10)21-2)17(12)16(20)18(13)22-3/h5-8,13H,4,9H2,1-3H3. The Labute approximate surface area is 133 Å². The van der Waals surface area contributed by atoms with Crippen LogP contribution >= 0.6 is 0 Å². The lowest BCUT2D eigenvalue weighted by molar-refractivity contribution is -0.151. The van der Waals surface area contributed by atoms with Gasteiger partial charge in [-0.2, -0.15) is 5.06 Å². The third-order valence-electron chi connectivity index (χ3n) is 3.92. The van der Waals surface area contributed by atoms with Gasteiger partial charge >= 0.3 is 12.0 Å². The van der Waals surface area contributed by atoms with Gasteiger partial charge in [0.2, 0.25) is 0 Å². The zero-order valence-corrected chi connectivity index (χ0v) is 13.2. The molecule has 7 nitrogen and oxygen atoms in total. The number of methoxy groups -OCH3 is 1. The van der Waals surface area contributed by atoms with Crippen LogP contribution in [0.1, 0.15) is 25.1 Å². The van der Waals surface area contributed by atoms with Crippen LogP contribution in [0.2, 0.25) is 0 Å². The van der Waals surface area contributed by atoms with Crippen molar-refractivity contribution in [2.75, 3.05) is 20.8 Å². The molecule has 0 saturated carbocycles. The second kappa shape index (κ2) is 5.92. The van der Waals surface area contributed by atoms with Gasteiger partial charge in [-0.25, -0.2) is 4.79 Å². The number of carbonyl (C=O) groups is 2. The van der Waals surface area contributed by atoms with Crippen molar-refractivity contribution in [3.05, 3.63) is 30.0 Å². The molecule has 1 aliphatic rings. The van der Waals surface area contributed by atoms with Crippen molar-refractivity contribution in [2.45, 2.75) is 19.4 Å². The second-order valence-corrected chi connectivity index (χ2v) is 5.11. The van der Waals surface area contributed by atoms with Crippen LogP contribution in [0.15, 0.2) is 24.3 Å². The fourth-order valence-corrected chi connectivity index (χ4v) is 2.98. The summed E-state index contributed by atoms with van der Waals surface area (Å²) in [4.78, 5) is 29.7. The molecular weight excluding hydrogens is 300 g/mol. The van der Waals surface area contributed by atoms with Gasteiger partial charge in [0.1, 0.15) is 11.8 Å². The van der Waals surface area contributed by atoms with Gasteiger partial charge in [0.25, 0.3) is 0 Å². The van der Waals surface area contributed by atoms with E-state index in [-0.39, 0.29) is 18.4 Å². The minimum atomic E-state index is -0.524. The number of fused-ring (bicyclic) bond motifs is 3. The van der Waals surface area contributed by atoms with E-state index in [4.69, 9.17) is 14.3 Å². The van der Waals surface area contributed by atoms with E-state index >= 15 is 0 Å². The molecular formula is C16H18N2O5. The molecule has 0 saturated heterocycles. The van der Waals surface area contributed by atoms with E-state index in [1.165, 1.54) is 12.2 Å². The minimum Gasteiger partial charge on any atom is -0.496 e. The Hall–Kier alpha value is -2.54. The van der Waals surface area contributed by atoms with Crippen LogP contribution in [0.25, 0.3) is 10.9 Å². The lowest BCUT2D eigenvalue weighted by Gasteiger charge is -2.20. The van der Waals surface area contributed by atoms with E-state index in [1.807, 2.05) is 24.3 Å². The minimum absolute atomic E-state index is 0.0338. The zero-order valence-electron chi connectivity index (χ0n) is 13.2. The molecule has 0 N–H and O–H groups in total. The summed E-state index contributed by atoms with van der Waals surface area (Å²) in [5.74, 6) is 0.300. The van der Waals surface area contributed by atoms with Crippen LogP contribution in [-0.2, 0) is 14.4 Å². The topological polar surface area (TPSA) is 70.0 Å². The molecule has 0 radical (unpaired) electrons. The second-order valence-electron chi connectivity index (χ2n) is 5.11. The van der Waals surface area contributed by atoms with Crippen molar-refractivity contribution >= 4 is 22.9 Å². The summed E-state index contributed by atoms with van der Waals surface area (Å²) >= 11 is 0. The van der Waals surface area contributed by atoms with Gasteiger partial charge in [0.05, 0.1) is 38.5 Å². The van der Waals surface area contributed by atoms with Gasteiger partial charge in [-0.15, -0.1) is 0 Å². The average Bonchev–Trinajstić information content (AvgIpc) is 3.04. The molecule has 0 bridgehead atoms. The van der Waals surface area contributed by atoms with E-state index in [0.29, 0.717) is 18.1 Å². The molecule has 7 heteroatoms. The molecule has 122 valence electrons. The molecule has 1 atom stereocenters. The molecule has 0 aliphatic carbocycles. The van der Waals surface area contributed by atoms with Crippen molar-refractivity contribution in [1.29, 1.82) is 0 Å². The number of rotatable bonds is 5. The molecule has 1 aromatic heterocycles. The number of hydrogen-bond donors (Lipinski definition) is 0. The highest BCUT2D eigenvalue weighted by atomic mass is 16.7. The summed E-state index contributed by atoms with van der Waals surface area (Å²) in [6.07, 6.45) is 0.0338. The molecule has 1 aromatic carbocycles. The quantitative estimate of drug-likeness (QED) is 0.792. The van der Waals surface area contributed by atoms with Crippen LogP contribution in [0.5, 0.6) is 5.75 Å². The SMILES string of the molecule is CCOC(=O)CC1c2cc3c(OC)cccc3n2C(=O)N1OC. The van der Waals surface area contributed by atoms with Gasteiger partial charge in [-0.05, 0) is 25.1 Å². The van der Waals surface area contributed by atoms with Crippen molar-refractivity contribution in [3.8, 4) is 5.75 Å². The van der Waals surface area contributed by atoms with Crippen LogP contribution in [0.4, 0.5) is 4.79 Å². The Morgan fingerprint density at radius 1 is 1.30 bits per heavy atom. The highest BCUT2D eigenvalue weighted by molar-refractivity contribution is 5.98. The van der Waals surface area contributed by atoms with E-state index in [9.17, 15) is 9.59 Å². The zero-order chi connectivity index (χ0) is 16.6. The van der Waals surface area contributed by atoms with Crippen LogP contribution in [-0.4, -0.2) is 42.5 Å². The summed E-state index contributed by atoms with van der Waals surface area (Å²) in [7, 11) is 2.99. The Balaban J connectivity index is 2.10. The summed E-state index contributed by atoms with van der Waals surface area (Å²) in [6.45, 7) is 2.04. The van der Waals surface area contributed by atoms with Gasteiger partial charge in [-0.3, -0.25) is 14.2 Å². The van der Waals surface area contributed by atoms with E-state index in [2.05, 4.69) is 0 Å². The lowest BCUT2D eigenvalue weighted by atomic mass is 10.1. The number of nitrogens with zero attached hydrogens (tertiary/aromatic N) is 2. The predicted octanol–water partition coefficient (Wildman–Crippen LogP) is 2.49. The molecule has 0 spiro atoms. The normalized spacial score (nSPS) is 16.7. The van der Waals surface area contributed by atoms with Gasteiger partial charge in [0, 0.05) is 5.39 Å². The highest BCUT2D eigenvalue weighted by Crippen LogP contribution is 2.39. The first-order valence-electron chi connectivity index (χ1n) is 7.34. The predicted molar refractivity (Wildman–Crippen MR) is 82.1 cm³/mol. The van der Waals surface area contributed by atoms with Crippen molar-refractivity contribution in [3.63, 3.8) is 0 Å².